The highest BCUT2D eigenvalue weighted by atomic mass is 15.3. The summed E-state index contributed by atoms with van der Waals surface area (Å²) in [4.78, 5) is 9.78. The zero-order valence-corrected chi connectivity index (χ0v) is 27.5. The van der Waals surface area contributed by atoms with Gasteiger partial charge in [0.05, 0.1) is 28.7 Å². The van der Waals surface area contributed by atoms with Gasteiger partial charge in [-0.3, -0.25) is 0 Å². The molecule has 6 aromatic carbocycles. The molecule has 234 valence electrons. The van der Waals surface area contributed by atoms with Crippen molar-refractivity contribution in [2.24, 2.45) is 7.05 Å². The summed E-state index contributed by atoms with van der Waals surface area (Å²) < 4.78 is 4.74. The van der Waals surface area contributed by atoms with Crippen LogP contribution in [-0.4, -0.2) is 32.7 Å². The Morgan fingerprint density at radius 1 is 0.531 bits per heavy atom. The van der Waals surface area contributed by atoms with Gasteiger partial charge in [0.2, 0.25) is 0 Å². The van der Waals surface area contributed by atoms with Crippen LogP contribution >= 0.6 is 0 Å². The second-order valence-corrected chi connectivity index (χ2v) is 13.9. The van der Waals surface area contributed by atoms with Crippen LogP contribution in [0.25, 0.3) is 72.2 Å². The summed E-state index contributed by atoms with van der Waals surface area (Å²) in [5.41, 5.74) is 19.1. The van der Waals surface area contributed by atoms with Crippen LogP contribution < -0.4 is 4.90 Å². The number of benzene rings is 6. The van der Waals surface area contributed by atoms with E-state index in [4.69, 9.17) is 4.98 Å². The van der Waals surface area contributed by atoms with Crippen molar-refractivity contribution in [3.63, 3.8) is 0 Å². The van der Waals surface area contributed by atoms with Gasteiger partial charge in [0.1, 0.15) is 5.82 Å². The molecule has 11 rings (SSSR count). The Hall–Kier alpha value is -6.07. The molecule has 0 bridgehead atoms. The molecule has 2 aromatic heterocycles. The average Bonchev–Trinajstić information content (AvgIpc) is 3.94. The van der Waals surface area contributed by atoms with Crippen molar-refractivity contribution in [3.05, 3.63) is 150 Å². The second-order valence-electron chi connectivity index (χ2n) is 13.9. The molecule has 1 aliphatic heterocycles. The third-order valence-electron chi connectivity index (χ3n) is 11.0. The normalized spacial score (nSPS) is 14.3. The third kappa shape index (κ3) is 3.84. The summed E-state index contributed by atoms with van der Waals surface area (Å²) in [6.07, 6.45) is 6.23. The van der Waals surface area contributed by atoms with Crippen LogP contribution in [0.5, 0.6) is 0 Å². The Balaban J connectivity index is 1.13. The van der Waals surface area contributed by atoms with Gasteiger partial charge in [-0.15, -0.1) is 0 Å². The van der Waals surface area contributed by atoms with E-state index in [0.29, 0.717) is 0 Å². The highest BCUT2D eigenvalue weighted by molar-refractivity contribution is 6.12. The Kier molecular flexibility index (Phi) is 5.35. The number of fused-ring (bicyclic) bond motifs is 10. The predicted molar refractivity (Wildman–Crippen MR) is 201 cm³/mol. The number of aromatic nitrogens is 3. The maximum Gasteiger partial charge on any atom is 0.140 e. The molecule has 0 atom stereocenters. The van der Waals surface area contributed by atoms with E-state index in [1.807, 2.05) is 0 Å². The fourth-order valence-electron chi connectivity index (χ4n) is 8.65. The maximum atomic E-state index is 5.28. The summed E-state index contributed by atoms with van der Waals surface area (Å²) in [6, 6.07) is 43.0. The summed E-state index contributed by atoms with van der Waals surface area (Å²) >= 11 is 0. The molecule has 8 aromatic rings. The van der Waals surface area contributed by atoms with E-state index >= 15 is 0 Å². The van der Waals surface area contributed by atoms with Crippen molar-refractivity contribution in [2.75, 3.05) is 18.6 Å². The number of hydrogen-bond donors (Lipinski definition) is 0. The number of hydrogen-bond acceptors (Lipinski definition) is 3. The first-order valence-corrected chi connectivity index (χ1v) is 17.1. The molecule has 0 saturated heterocycles. The maximum absolute atomic E-state index is 5.28. The summed E-state index contributed by atoms with van der Waals surface area (Å²) in [5, 5.41) is 2.54. The van der Waals surface area contributed by atoms with Crippen LogP contribution in [0.15, 0.2) is 128 Å². The molecule has 3 heterocycles. The highest BCUT2D eigenvalue weighted by Crippen LogP contribution is 2.44. The van der Waals surface area contributed by atoms with E-state index in [1.165, 1.54) is 77.5 Å². The van der Waals surface area contributed by atoms with Gasteiger partial charge in [-0.1, -0.05) is 66.7 Å². The fourth-order valence-corrected chi connectivity index (χ4v) is 8.65. The van der Waals surface area contributed by atoms with Crippen LogP contribution in [0.1, 0.15) is 22.3 Å². The molecule has 0 spiro atoms. The van der Waals surface area contributed by atoms with E-state index in [9.17, 15) is 0 Å². The van der Waals surface area contributed by atoms with E-state index in [2.05, 4.69) is 161 Å². The molecule has 0 N–H and O–H groups in total. The fraction of sp³-hybridized carbons (Fsp3) is 0.114. The first-order valence-electron chi connectivity index (χ1n) is 17.1. The smallest absolute Gasteiger partial charge is 0.140 e. The molecule has 0 fully saturated rings. The molecule has 2 aliphatic carbocycles. The molecular weight excluding hydrogens is 599 g/mol. The largest absolute Gasteiger partial charge is 0.361 e. The summed E-state index contributed by atoms with van der Waals surface area (Å²) in [6.45, 7) is 0.842. The number of nitrogens with zero attached hydrogens (tertiary/aromatic N) is 5. The predicted octanol–water partition coefficient (Wildman–Crippen LogP) is 9.66. The lowest BCUT2D eigenvalue weighted by molar-refractivity contribution is 0.496. The van der Waals surface area contributed by atoms with Crippen LogP contribution in [0.2, 0.25) is 0 Å². The molecule has 5 heteroatoms. The van der Waals surface area contributed by atoms with Crippen LogP contribution in [0, 0.1) is 0 Å². The van der Waals surface area contributed by atoms with Gasteiger partial charge in [-0.05, 0) is 106 Å². The monoisotopic (exact) mass is 631 g/mol. The Bertz CT molecular complexity index is 2740. The lowest BCUT2D eigenvalue weighted by Crippen LogP contribution is -2.21. The molecular formula is C44H33N5. The van der Waals surface area contributed by atoms with Gasteiger partial charge in [-0.2, -0.15) is 0 Å². The van der Waals surface area contributed by atoms with Crippen molar-refractivity contribution in [3.8, 4) is 39.3 Å². The van der Waals surface area contributed by atoms with Crippen molar-refractivity contribution < 1.29 is 0 Å². The van der Waals surface area contributed by atoms with E-state index in [0.717, 1.165) is 42.1 Å². The van der Waals surface area contributed by atoms with Gasteiger partial charge in [-0.25, -0.2) is 4.98 Å². The number of aryl methyl sites for hydroxylation is 1. The van der Waals surface area contributed by atoms with E-state index < -0.39 is 0 Å². The summed E-state index contributed by atoms with van der Waals surface area (Å²) in [5.74, 6) is 0.987. The number of rotatable bonds is 3. The minimum Gasteiger partial charge on any atom is -0.361 e. The molecule has 0 saturated carbocycles. The van der Waals surface area contributed by atoms with Crippen LogP contribution in [-0.2, 0) is 19.9 Å². The lowest BCUT2D eigenvalue weighted by Gasteiger charge is -2.19. The first-order chi connectivity index (χ1) is 24.1. The second kappa shape index (κ2) is 9.74. The van der Waals surface area contributed by atoms with Gasteiger partial charge >= 0.3 is 0 Å². The van der Waals surface area contributed by atoms with Crippen molar-refractivity contribution in [1.29, 1.82) is 0 Å². The van der Waals surface area contributed by atoms with Crippen molar-refractivity contribution in [1.82, 2.24) is 19.0 Å². The number of anilines is 1. The molecule has 49 heavy (non-hydrogen) atoms. The van der Waals surface area contributed by atoms with Crippen molar-refractivity contribution >= 4 is 38.5 Å². The van der Waals surface area contributed by atoms with Gasteiger partial charge in [0.25, 0.3) is 0 Å². The van der Waals surface area contributed by atoms with Crippen LogP contribution in [0.4, 0.5) is 5.69 Å². The number of imidazole rings is 1. The summed E-state index contributed by atoms with van der Waals surface area (Å²) in [7, 11) is 4.27. The Morgan fingerprint density at radius 3 is 1.98 bits per heavy atom. The minimum absolute atomic E-state index is 0.842. The van der Waals surface area contributed by atoms with E-state index in [1.54, 1.807) is 0 Å². The van der Waals surface area contributed by atoms with Gasteiger partial charge < -0.3 is 18.9 Å². The average molecular weight is 632 g/mol. The Labute approximate surface area is 284 Å². The Morgan fingerprint density at radius 2 is 1.22 bits per heavy atom. The van der Waals surface area contributed by atoms with Gasteiger partial charge in [0.15, 0.2) is 0 Å². The highest BCUT2D eigenvalue weighted by Gasteiger charge is 2.24. The molecule has 0 radical (unpaired) electrons. The minimum atomic E-state index is 0.842. The third-order valence-corrected chi connectivity index (χ3v) is 11.0. The standard InChI is InChI=1S/C44H33N5/c1-46-16-17-48(26-46)32-10-7-11-33(23-32)49-41-20-29(14-15-36(41)39-24-37-30(21-42(39)49)18-27-8-3-5-12-34(27)37)44-45-40-25-38-31(22-43(40)47(44)2)19-28-9-4-6-13-35(28)38/h3-17,20-25H,18-19,26H2,1-2H3. The molecule has 5 nitrogen and oxygen atoms in total. The lowest BCUT2D eigenvalue weighted by atomic mass is 10.0. The molecule has 0 amide bonds. The zero-order valence-electron chi connectivity index (χ0n) is 27.5. The van der Waals surface area contributed by atoms with Crippen LogP contribution in [0.3, 0.4) is 0 Å². The first kappa shape index (κ1) is 26.9. The quantitative estimate of drug-likeness (QED) is 0.194. The van der Waals surface area contributed by atoms with E-state index in [-0.39, 0.29) is 0 Å². The molecule has 3 aliphatic rings. The topological polar surface area (TPSA) is 29.2 Å². The van der Waals surface area contributed by atoms with Crippen molar-refractivity contribution in [2.45, 2.75) is 12.8 Å². The van der Waals surface area contributed by atoms with Gasteiger partial charge in [0, 0.05) is 54.2 Å². The molecule has 0 unspecified atom stereocenters. The SMILES string of the molecule is CN1C=CN(c2cccc(-n3c4cc(-c5nc6cc7c(cc6n5C)Cc5ccccc5-7)ccc4c4cc5c(cc43)Cc3ccccc3-5)c2)C1. The zero-order chi connectivity index (χ0) is 32.4.